The maximum atomic E-state index is 12.8. The van der Waals surface area contributed by atoms with E-state index in [1.54, 1.807) is 54.7 Å². The molecule has 4 rings (SSSR count). The van der Waals surface area contributed by atoms with E-state index in [0.717, 1.165) is 5.39 Å². The van der Waals surface area contributed by atoms with Crippen molar-refractivity contribution in [1.29, 1.82) is 0 Å². The van der Waals surface area contributed by atoms with Crippen LogP contribution in [-0.4, -0.2) is 10.9 Å². The smallest absolute Gasteiger partial charge is 0.262 e. The fourth-order valence-electron chi connectivity index (χ4n) is 2.57. The number of amides is 1. The van der Waals surface area contributed by atoms with Crippen LogP contribution in [0.5, 0.6) is 0 Å². The highest BCUT2D eigenvalue weighted by Gasteiger charge is 2.13. The Bertz CT molecular complexity index is 1170. The molecule has 0 aliphatic heterocycles. The molecule has 0 saturated carbocycles. The lowest BCUT2D eigenvalue weighted by Crippen LogP contribution is -2.22. The molecule has 2 aromatic heterocycles. The molecule has 5 nitrogen and oxygen atoms in total. The third-order valence-corrected chi connectivity index (χ3v) is 4.12. The van der Waals surface area contributed by atoms with Gasteiger partial charge in [0.25, 0.3) is 5.91 Å². The van der Waals surface area contributed by atoms with Gasteiger partial charge in [-0.15, -0.1) is 0 Å². The highest BCUT2D eigenvalue weighted by Crippen LogP contribution is 2.18. The predicted molar refractivity (Wildman–Crippen MR) is 105 cm³/mol. The van der Waals surface area contributed by atoms with E-state index < -0.39 is 0 Å². The molecule has 27 heavy (non-hydrogen) atoms. The second-order valence-electron chi connectivity index (χ2n) is 5.76. The molecule has 6 heteroatoms. The van der Waals surface area contributed by atoms with Crippen LogP contribution >= 0.6 is 11.6 Å². The van der Waals surface area contributed by atoms with Crippen molar-refractivity contribution in [3.05, 3.63) is 95.1 Å². The summed E-state index contributed by atoms with van der Waals surface area (Å²) in [6.07, 6.45) is 1.61. The minimum Gasteiger partial charge on any atom is -0.438 e. The molecule has 0 spiro atoms. The van der Waals surface area contributed by atoms with E-state index in [2.05, 4.69) is 15.3 Å². The van der Waals surface area contributed by atoms with Crippen molar-refractivity contribution in [2.24, 2.45) is 4.99 Å². The zero-order chi connectivity index (χ0) is 18.6. The Morgan fingerprint density at radius 2 is 1.78 bits per heavy atom. The van der Waals surface area contributed by atoms with Crippen molar-refractivity contribution in [2.45, 2.75) is 0 Å². The Kier molecular flexibility index (Phi) is 4.68. The number of aromatic nitrogens is 1. The van der Waals surface area contributed by atoms with Crippen LogP contribution in [0.2, 0.25) is 5.02 Å². The predicted octanol–water partition coefficient (Wildman–Crippen LogP) is 4.97. The van der Waals surface area contributed by atoms with Gasteiger partial charge in [0, 0.05) is 16.6 Å². The van der Waals surface area contributed by atoms with Crippen LogP contribution in [0.15, 0.2) is 88.4 Å². The number of para-hydroxylation sites is 1. The molecule has 4 aromatic rings. The van der Waals surface area contributed by atoms with E-state index in [4.69, 9.17) is 16.0 Å². The number of hydrogen-bond donors (Lipinski definition) is 1. The number of nitrogens with zero attached hydrogens (tertiary/aromatic N) is 2. The van der Waals surface area contributed by atoms with Crippen LogP contribution in [0.1, 0.15) is 10.4 Å². The number of carbonyl (C=O) groups is 1. The summed E-state index contributed by atoms with van der Waals surface area (Å²) in [5, 5.41) is 4.18. The summed E-state index contributed by atoms with van der Waals surface area (Å²) in [4.78, 5) is 21.4. The fraction of sp³-hybridized carbons (Fsp3) is 0. The monoisotopic (exact) mass is 375 g/mol. The molecule has 2 heterocycles. The van der Waals surface area contributed by atoms with E-state index in [1.165, 1.54) is 0 Å². The molecule has 0 unspecified atom stereocenters. The Hall–Kier alpha value is -3.44. The van der Waals surface area contributed by atoms with Gasteiger partial charge in [-0.3, -0.25) is 4.79 Å². The quantitative estimate of drug-likeness (QED) is 0.550. The highest BCUT2D eigenvalue weighted by molar-refractivity contribution is 6.30. The number of anilines is 1. The minimum atomic E-state index is -0.351. The van der Waals surface area contributed by atoms with Crippen LogP contribution in [-0.2, 0) is 0 Å². The second-order valence-corrected chi connectivity index (χ2v) is 6.20. The molecular weight excluding hydrogens is 362 g/mol. The lowest BCUT2D eigenvalue weighted by Gasteiger charge is -2.06. The van der Waals surface area contributed by atoms with Gasteiger partial charge in [0.1, 0.15) is 17.0 Å². The van der Waals surface area contributed by atoms with E-state index in [9.17, 15) is 4.79 Å². The third kappa shape index (κ3) is 3.88. The Labute approximate surface area is 160 Å². The number of rotatable bonds is 3. The van der Waals surface area contributed by atoms with Gasteiger partial charge < -0.3 is 9.73 Å². The van der Waals surface area contributed by atoms with Crippen LogP contribution in [0.25, 0.3) is 11.0 Å². The summed E-state index contributed by atoms with van der Waals surface area (Å²) >= 11 is 5.93. The zero-order valence-electron chi connectivity index (χ0n) is 14.1. The molecule has 0 aliphatic rings. The molecule has 0 radical (unpaired) electrons. The van der Waals surface area contributed by atoms with E-state index in [-0.39, 0.29) is 11.5 Å². The first kappa shape index (κ1) is 17.0. The normalized spacial score (nSPS) is 11.5. The fourth-order valence-corrected chi connectivity index (χ4v) is 2.69. The topological polar surface area (TPSA) is 67.5 Å². The van der Waals surface area contributed by atoms with Gasteiger partial charge in [-0.1, -0.05) is 35.9 Å². The van der Waals surface area contributed by atoms with Crippen LogP contribution < -0.4 is 10.9 Å². The lowest BCUT2D eigenvalue weighted by atomic mass is 10.1. The molecule has 0 bridgehead atoms. The van der Waals surface area contributed by atoms with Gasteiger partial charge >= 0.3 is 0 Å². The molecule has 0 saturated heterocycles. The van der Waals surface area contributed by atoms with Crippen molar-refractivity contribution >= 4 is 40.0 Å². The van der Waals surface area contributed by atoms with Gasteiger partial charge in [-0.25, -0.2) is 9.98 Å². The third-order valence-electron chi connectivity index (χ3n) is 3.86. The first-order valence-corrected chi connectivity index (χ1v) is 8.62. The second kappa shape index (κ2) is 7.43. The summed E-state index contributed by atoms with van der Waals surface area (Å²) in [6, 6.07) is 21.5. The number of halogens is 1. The first-order chi connectivity index (χ1) is 13.2. The van der Waals surface area contributed by atoms with Gasteiger partial charge in [0.2, 0.25) is 5.55 Å². The Balaban J connectivity index is 1.84. The minimum absolute atomic E-state index is 0.212. The lowest BCUT2D eigenvalue weighted by molar-refractivity contribution is 0.102. The largest absolute Gasteiger partial charge is 0.438 e. The van der Waals surface area contributed by atoms with Crippen molar-refractivity contribution in [1.82, 2.24) is 4.98 Å². The molecule has 1 N–H and O–H groups in total. The van der Waals surface area contributed by atoms with Gasteiger partial charge in [-0.2, -0.15) is 0 Å². The number of pyridine rings is 1. The van der Waals surface area contributed by atoms with Crippen LogP contribution in [0.3, 0.4) is 0 Å². The maximum absolute atomic E-state index is 12.8. The number of fused-ring (bicyclic) bond motifs is 1. The summed E-state index contributed by atoms with van der Waals surface area (Å²) in [5.41, 5.74) is 1.80. The standard InChI is InChI=1S/C21H14ClN3O2/c22-15-8-10-16(11-9-15)24-21-17(13-14-5-1-2-6-18(14)27-21)20(26)25-19-7-3-4-12-23-19/h1-13H,(H,23,25,26). The van der Waals surface area contributed by atoms with Crippen molar-refractivity contribution in [3.8, 4) is 0 Å². The summed E-state index contributed by atoms with van der Waals surface area (Å²) in [5.74, 6) is 0.101. The first-order valence-electron chi connectivity index (χ1n) is 8.25. The van der Waals surface area contributed by atoms with Crippen molar-refractivity contribution < 1.29 is 9.21 Å². The van der Waals surface area contributed by atoms with Crippen molar-refractivity contribution in [2.75, 3.05) is 5.32 Å². The average Bonchev–Trinajstić information content (AvgIpc) is 2.70. The van der Waals surface area contributed by atoms with Crippen LogP contribution in [0.4, 0.5) is 11.5 Å². The maximum Gasteiger partial charge on any atom is 0.262 e. The number of benzene rings is 2. The molecular formula is C21H14ClN3O2. The molecule has 132 valence electrons. The average molecular weight is 376 g/mol. The highest BCUT2D eigenvalue weighted by atomic mass is 35.5. The van der Waals surface area contributed by atoms with E-state index in [1.807, 2.05) is 24.3 Å². The van der Waals surface area contributed by atoms with Crippen LogP contribution in [0, 0.1) is 0 Å². The summed E-state index contributed by atoms with van der Waals surface area (Å²) in [6.45, 7) is 0. The van der Waals surface area contributed by atoms with E-state index in [0.29, 0.717) is 27.7 Å². The van der Waals surface area contributed by atoms with Gasteiger partial charge in [0.15, 0.2) is 0 Å². The zero-order valence-corrected chi connectivity index (χ0v) is 14.9. The van der Waals surface area contributed by atoms with Gasteiger partial charge in [-0.05, 0) is 48.5 Å². The molecule has 0 aliphatic carbocycles. The Morgan fingerprint density at radius 1 is 1.00 bits per heavy atom. The molecule has 0 atom stereocenters. The summed E-state index contributed by atoms with van der Waals surface area (Å²) < 4.78 is 5.91. The van der Waals surface area contributed by atoms with Gasteiger partial charge in [0.05, 0.1) is 5.69 Å². The van der Waals surface area contributed by atoms with E-state index >= 15 is 0 Å². The SMILES string of the molecule is O=C(Nc1ccccn1)c1cc2ccccc2oc1=Nc1ccc(Cl)cc1. The summed E-state index contributed by atoms with van der Waals surface area (Å²) in [7, 11) is 0. The molecule has 2 aromatic carbocycles. The Morgan fingerprint density at radius 3 is 2.56 bits per heavy atom. The number of hydrogen-bond acceptors (Lipinski definition) is 4. The number of carbonyl (C=O) groups excluding carboxylic acids is 1. The van der Waals surface area contributed by atoms with Crippen molar-refractivity contribution in [3.63, 3.8) is 0 Å². The molecule has 0 fully saturated rings. The molecule has 1 amide bonds. The number of nitrogens with one attached hydrogen (secondary N) is 1.